The van der Waals surface area contributed by atoms with Crippen LogP contribution in [-0.4, -0.2) is 0 Å². The number of benzene rings is 1. The summed E-state index contributed by atoms with van der Waals surface area (Å²) in [4.78, 5) is 0. The summed E-state index contributed by atoms with van der Waals surface area (Å²) in [5, 5.41) is 0. The number of nitrogen functional groups attached to an aromatic ring is 1. The minimum absolute atomic E-state index is 0. The summed E-state index contributed by atoms with van der Waals surface area (Å²) in [6.07, 6.45) is 0. The van der Waals surface area contributed by atoms with Gasteiger partial charge >= 0.3 is 51.4 Å². The van der Waals surface area contributed by atoms with Gasteiger partial charge in [0, 0.05) is 5.69 Å². The number of halogens is 1. The molecule has 0 fully saturated rings. The predicted molar refractivity (Wildman–Crippen MR) is 30.9 cm³/mol. The molecule has 44 valence electrons. The van der Waals surface area contributed by atoms with E-state index in [4.69, 9.17) is 5.73 Å². The fourth-order valence-electron chi connectivity index (χ4n) is 0.453. The SMILES string of the molecule is Nc1ccccc1.[I-].[K+]. The molecule has 0 aliphatic heterocycles. The Bertz CT molecular complexity index is 143. The number of anilines is 1. The predicted octanol–water partition coefficient (Wildman–Crippen LogP) is -4.72. The van der Waals surface area contributed by atoms with Crippen molar-refractivity contribution in [3.05, 3.63) is 30.3 Å². The fraction of sp³-hybridized carbons (Fsp3) is 0. The molecule has 0 aliphatic rings. The molecular formula is C6H7IKN. The van der Waals surface area contributed by atoms with Gasteiger partial charge in [-0.05, 0) is 12.1 Å². The Morgan fingerprint density at radius 3 is 1.67 bits per heavy atom. The van der Waals surface area contributed by atoms with E-state index in [2.05, 4.69) is 0 Å². The Labute approximate surface area is 115 Å². The average molecular weight is 259 g/mol. The molecule has 0 bridgehead atoms. The van der Waals surface area contributed by atoms with Crippen molar-refractivity contribution >= 4 is 5.69 Å². The van der Waals surface area contributed by atoms with Gasteiger partial charge in [-0.2, -0.15) is 0 Å². The summed E-state index contributed by atoms with van der Waals surface area (Å²) in [5.41, 5.74) is 6.18. The monoisotopic (exact) mass is 259 g/mol. The van der Waals surface area contributed by atoms with Crippen LogP contribution in [0.25, 0.3) is 0 Å². The molecule has 0 amide bonds. The van der Waals surface area contributed by atoms with Gasteiger partial charge in [-0.25, -0.2) is 0 Å². The molecule has 0 unspecified atom stereocenters. The second-order valence-electron chi connectivity index (χ2n) is 1.41. The second-order valence-corrected chi connectivity index (χ2v) is 1.41. The van der Waals surface area contributed by atoms with Gasteiger partial charge in [0.25, 0.3) is 0 Å². The second kappa shape index (κ2) is 7.49. The van der Waals surface area contributed by atoms with Crippen molar-refractivity contribution in [3.8, 4) is 0 Å². The van der Waals surface area contributed by atoms with Gasteiger partial charge in [0.05, 0.1) is 0 Å². The molecule has 1 aromatic rings. The molecule has 0 heterocycles. The van der Waals surface area contributed by atoms with Gasteiger partial charge in [-0.3, -0.25) is 0 Å². The number of para-hydroxylation sites is 1. The van der Waals surface area contributed by atoms with Crippen LogP contribution in [0.15, 0.2) is 30.3 Å². The van der Waals surface area contributed by atoms with E-state index < -0.39 is 0 Å². The van der Waals surface area contributed by atoms with Crippen molar-refractivity contribution in [1.82, 2.24) is 0 Å². The molecule has 0 aromatic heterocycles. The summed E-state index contributed by atoms with van der Waals surface area (Å²) in [7, 11) is 0. The first-order valence-corrected chi connectivity index (χ1v) is 2.20. The topological polar surface area (TPSA) is 26.0 Å². The summed E-state index contributed by atoms with van der Waals surface area (Å²) >= 11 is 0. The van der Waals surface area contributed by atoms with Crippen LogP contribution in [0.3, 0.4) is 0 Å². The Kier molecular flexibility index (Phi) is 10.8. The van der Waals surface area contributed by atoms with Crippen molar-refractivity contribution in [1.29, 1.82) is 0 Å². The molecule has 0 radical (unpaired) electrons. The van der Waals surface area contributed by atoms with E-state index in [1.54, 1.807) is 0 Å². The summed E-state index contributed by atoms with van der Waals surface area (Å²) in [6.45, 7) is 0. The van der Waals surface area contributed by atoms with E-state index in [0.29, 0.717) is 0 Å². The molecule has 1 nitrogen and oxygen atoms in total. The van der Waals surface area contributed by atoms with Crippen LogP contribution in [-0.2, 0) is 0 Å². The van der Waals surface area contributed by atoms with Gasteiger partial charge in [0.15, 0.2) is 0 Å². The first kappa shape index (κ1) is 13.0. The zero-order chi connectivity index (χ0) is 5.11. The molecule has 0 saturated heterocycles. The van der Waals surface area contributed by atoms with Crippen LogP contribution in [0.1, 0.15) is 0 Å². The van der Waals surface area contributed by atoms with E-state index in [0.717, 1.165) is 5.69 Å². The smallest absolute Gasteiger partial charge is 1.00 e. The number of hydrogen-bond donors (Lipinski definition) is 1. The first-order valence-electron chi connectivity index (χ1n) is 2.20. The third kappa shape index (κ3) is 5.81. The van der Waals surface area contributed by atoms with Gasteiger partial charge < -0.3 is 29.7 Å². The van der Waals surface area contributed by atoms with E-state index in [1.165, 1.54) is 0 Å². The third-order valence-corrected chi connectivity index (χ3v) is 0.800. The van der Waals surface area contributed by atoms with Gasteiger partial charge in [0.1, 0.15) is 0 Å². The number of rotatable bonds is 0. The zero-order valence-corrected chi connectivity index (χ0v) is 10.6. The van der Waals surface area contributed by atoms with E-state index in [-0.39, 0.29) is 75.4 Å². The quantitative estimate of drug-likeness (QED) is 0.283. The number of hydrogen-bond acceptors (Lipinski definition) is 1. The van der Waals surface area contributed by atoms with Crippen molar-refractivity contribution in [2.45, 2.75) is 0 Å². The fourth-order valence-corrected chi connectivity index (χ4v) is 0.453. The Morgan fingerprint density at radius 1 is 1.00 bits per heavy atom. The summed E-state index contributed by atoms with van der Waals surface area (Å²) < 4.78 is 0. The van der Waals surface area contributed by atoms with Crippen molar-refractivity contribution in [3.63, 3.8) is 0 Å². The van der Waals surface area contributed by atoms with Gasteiger partial charge in [0.2, 0.25) is 0 Å². The largest absolute Gasteiger partial charge is 1.00 e. The molecule has 0 spiro atoms. The Hall–Kier alpha value is 1.39. The van der Waals surface area contributed by atoms with E-state index in [9.17, 15) is 0 Å². The minimum atomic E-state index is 0. The maximum atomic E-state index is 5.36. The molecule has 1 rings (SSSR count). The van der Waals surface area contributed by atoms with Crippen LogP contribution < -0.4 is 81.1 Å². The van der Waals surface area contributed by atoms with Crippen LogP contribution in [0.2, 0.25) is 0 Å². The molecule has 2 N–H and O–H groups in total. The summed E-state index contributed by atoms with van der Waals surface area (Å²) in [6, 6.07) is 9.49. The van der Waals surface area contributed by atoms with E-state index in [1.807, 2.05) is 30.3 Å². The molecule has 3 heteroatoms. The van der Waals surface area contributed by atoms with Crippen molar-refractivity contribution in [2.75, 3.05) is 5.73 Å². The molecule has 0 atom stereocenters. The summed E-state index contributed by atoms with van der Waals surface area (Å²) in [5.74, 6) is 0. The van der Waals surface area contributed by atoms with Crippen LogP contribution in [0.4, 0.5) is 5.69 Å². The van der Waals surface area contributed by atoms with E-state index >= 15 is 0 Å². The molecule has 0 saturated carbocycles. The Balaban J connectivity index is 0. The standard InChI is InChI=1S/C6H7N.HI.K/c7-6-4-2-1-3-5-6;;/h1-5H,7H2;1H;/q;;+1/p-1. The van der Waals surface area contributed by atoms with Crippen LogP contribution in [0.5, 0.6) is 0 Å². The first-order chi connectivity index (χ1) is 3.39. The maximum Gasteiger partial charge on any atom is 1.00 e. The van der Waals surface area contributed by atoms with Gasteiger partial charge in [-0.1, -0.05) is 18.2 Å². The normalized spacial score (nSPS) is 6.67. The molecule has 9 heavy (non-hydrogen) atoms. The maximum absolute atomic E-state index is 5.36. The molecule has 1 aromatic carbocycles. The van der Waals surface area contributed by atoms with Crippen LogP contribution >= 0.6 is 0 Å². The number of nitrogens with two attached hydrogens (primary N) is 1. The zero-order valence-electron chi connectivity index (χ0n) is 5.34. The third-order valence-electron chi connectivity index (χ3n) is 0.800. The average Bonchev–Trinajstić information content (AvgIpc) is 1.69. The van der Waals surface area contributed by atoms with Crippen molar-refractivity contribution < 1.29 is 75.4 Å². The molecular weight excluding hydrogens is 252 g/mol. The van der Waals surface area contributed by atoms with Crippen molar-refractivity contribution in [2.24, 2.45) is 0 Å². The molecule has 0 aliphatic carbocycles. The van der Waals surface area contributed by atoms with Crippen LogP contribution in [0, 0.1) is 0 Å². The Morgan fingerprint density at radius 2 is 1.44 bits per heavy atom. The minimum Gasteiger partial charge on any atom is -1.00 e. The van der Waals surface area contributed by atoms with Gasteiger partial charge in [-0.15, -0.1) is 0 Å².